The summed E-state index contributed by atoms with van der Waals surface area (Å²) >= 11 is 3.57. The summed E-state index contributed by atoms with van der Waals surface area (Å²) < 4.78 is 36.2. The first-order chi connectivity index (χ1) is 13.3. The van der Waals surface area contributed by atoms with Crippen LogP contribution in [0.1, 0.15) is 31.9 Å². The van der Waals surface area contributed by atoms with E-state index in [1.807, 2.05) is 43.3 Å². The third-order valence-corrected chi connectivity index (χ3v) is 12.3. The zero-order valence-corrected chi connectivity index (χ0v) is 21.5. The van der Waals surface area contributed by atoms with Gasteiger partial charge in [-0.25, -0.2) is 13.1 Å². The standard InChI is InChI=1S/C22H32BrNO3SSi/c1-17-11-13-20(14-12-17)28(25,26)24-19(15-18-9-7-8-10-21(18)23)16-27-29(5,6)22(2,3)4/h7-14,19,24H,15-16H2,1-6H3/t19-/m0/s1. The molecule has 2 rings (SSSR count). The first kappa shape index (κ1) is 24.3. The van der Waals surface area contributed by atoms with E-state index in [-0.39, 0.29) is 16.0 Å². The lowest BCUT2D eigenvalue weighted by molar-refractivity contribution is 0.254. The van der Waals surface area contributed by atoms with Crippen molar-refractivity contribution in [1.82, 2.24) is 4.72 Å². The number of hydrogen-bond acceptors (Lipinski definition) is 3. The Morgan fingerprint density at radius 2 is 1.66 bits per heavy atom. The van der Waals surface area contributed by atoms with E-state index in [0.717, 1.165) is 15.6 Å². The molecule has 0 saturated heterocycles. The molecule has 0 saturated carbocycles. The van der Waals surface area contributed by atoms with Gasteiger partial charge in [0.05, 0.1) is 11.5 Å². The molecule has 0 fully saturated rings. The minimum absolute atomic E-state index is 0.0563. The molecule has 0 aliphatic heterocycles. The van der Waals surface area contributed by atoms with Crippen LogP contribution in [0, 0.1) is 6.92 Å². The number of rotatable bonds is 8. The van der Waals surface area contributed by atoms with Gasteiger partial charge in [0.25, 0.3) is 0 Å². The third-order valence-electron chi connectivity index (χ3n) is 5.53. The van der Waals surface area contributed by atoms with Crippen molar-refractivity contribution in [3.8, 4) is 0 Å². The van der Waals surface area contributed by atoms with Crippen LogP contribution in [0.25, 0.3) is 0 Å². The van der Waals surface area contributed by atoms with Crippen molar-refractivity contribution in [1.29, 1.82) is 0 Å². The van der Waals surface area contributed by atoms with Gasteiger partial charge < -0.3 is 4.43 Å². The number of sulfonamides is 1. The molecule has 0 amide bonds. The first-order valence-electron chi connectivity index (χ1n) is 9.78. The minimum atomic E-state index is -3.64. The first-order valence-corrected chi connectivity index (χ1v) is 15.0. The summed E-state index contributed by atoms with van der Waals surface area (Å²) in [4.78, 5) is 0.271. The van der Waals surface area contributed by atoms with Crippen LogP contribution in [0.4, 0.5) is 0 Å². The molecule has 1 N–H and O–H groups in total. The number of hydrogen-bond donors (Lipinski definition) is 1. The van der Waals surface area contributed by atoms with E-state index in [0.29, 0.717) is 13.0 Å². The van der Waals surface area contributed by atoms with Crippen LogP contribution in [-0.4, -0.2) is 29.4 Å². The SMILES string of the molecule is Cc1ccc(S(=O)(=O)N[C@H](CO[Si](C)(C)C(C)(C)C)Cc2ccccc2Br)cc1. The average Bonchev–Trinajstić information content (AvgIpc) is 2.61. The predicted molar refractivity (Wildman–Crippen MR) is 126 cm³/mol. The van der Waals surface area contributed by atoms with Gasteiger partial charge in [0.1, 0.15) is 0 Å². The highest BCUT2D eigenvalue weighted by molar-refractivity contribution is 9.10. The Bertz CT molecular complexity index is 922. The van der Waals surface area contributed by atoms with Crippen LogP contribution in [0.5, 0.6) is 0 Å². The van der Waals surface area contributed by atoms with Gasteiger partial charge >= 0.3 is 0 Å². The number of benzene rings is 2. The minimum Gasteiger partial charge on any atom is -0.415 e. The maximum absolute atomic E-state index is 13.0. The topological polar surface area (TPSA) is 55.4 Å². The van der Waals surface area contributed by atoms with E-state index in [1.54, 1.807) is 12.1 Å². The zero-order chi connectivity index (χ0) is 21.9. The fraction of sp³-hybridized carbons (Fsp3) is 0.455. The smallest absolute Gasteiger partial charge is 0.240 e. The summed E-state index contributed by atoms with van der Waals surface area (Å²) in [6, 6.07) is 14.4. The van der Waals surface area contributed by atoms with Crippen LogP contribution in [0.3, 0.4) is 0 Å². The van der Waals surface area contributed by atoms with E-state index < -0.39 is 18.3 Å². The highest BCUT2D eigenvalue weighted by Gasteiger charge is 2.38. The normalized spacial score (nSPS) is 14.0. The van der Waals surface area contributed by atoms with Crippen LogP contribution in [0.2, 0.25) is 18.1 Å². The van der Waals surface area contributed by atoms with Crippen LogP contribution < -0.4 is 4.72 Å². The van der Waals surface area contributed by atoms with Crippen molar-refractivity contribution >= 4 is 34.3 Å². The summed E-state index contributed by atoms with van der Waals surface area (Å²) in [6.07, 6.45) is 0.543. The second-order valence-corrected chi connectivity index (χ2v) is 16.4. The monoisotopic (exact) mass is 497 g/mol. The average molecular weight is 499 g/mol. The lowest BCUT2D eigenvalue weighted by atomic mass is 10.1. The van der Waals surface area contributed by atoms with Crippen molar-refractivity contribution in [2.75, 3.05) is 6.61 Å². The third kappa shape index (κ3) is 6.75. The molecule has 2 aromatic rings. The quantitative estimate of drug-likeness (QED) is 0.477. The molecule has 4 nitrogen and oxygen atoms in total. The van der Waals surface area contributed by atoms with Crippen LogP contribution in [0.15, 0.2) is 57.9 Å². The molecule has 1 atom stereocenters. The molecule has 2 aromatic carbocycles. The highest BCUT2D eigenvalue weighted by Crippen LogP contribution is 2.36. The van der Waals surface area contributed by atoms with Crippen LogP contribution in [-0.2, 0) is 20.9 Å². The summed E-state index contributed by atoms with van der Waals surface area (Å²) in [5.41, 5.74) is 2.07. The maximum atomic E-state index is 13.0. The van der Waals surface area contributed by atoms with Crippen molar-refractivity contribution < 1.29 is 12.8 Å². The van der Waals surface area contributed by atoms with Gasteiger partial charge in [-0.15, -0.1) is 0 Å². The van der Waals surface area contributed by atoms with E-state index in [4.69, 9.17) is 4.43 Å². The number of nitrogens with one attached hydrogen (secondary N) is 1. The Balaban J connectivity index is 2.26. The lowest BCUT2D eigenvalue weighted by Gasteiger charge is -2.37. The Morgan fingerprint density at radius 1 is 1.07 bits per heavy atom. The number of aryl methyl sites for hydroxylation is 1. The van der Waals surface area contributed by atoms with Crippen LogP contribution >= 0.6 is 15.9 Å². The number of halogens is 1. The molecular weight excluding hydrogens is 466 g/mol. The van der Waals surface area contributed by atoms with Crippen molar-refractivity contribution in [3.05, 3.63) is 64.1 Å². The molecule has 160 valence electrons. The highest BCUT2D eigenvalue weighted by atomic mass is 79.9. The van der Waals surface area contributed by atoms with Gasteiger partial charge in [0.15, 0.2) is 8.32 Å². The molecule has 0 aliphatic rings. The van der Waals surface area contributed by atoms with E-state index in [1.165, 1.54) is 0 Å². The maximum Gasteiger partial charge on any atom is 0.240 e. The van der Waals surface area contributed by atoms with Crippen molar-refractivity contribution in [2.24, 2.45) is 0 Å². The van der Waals surface area contributed by atoms with Crippen molar-refractivity contribution in [2.45, 2.75) is 63.2 Å². The molecule has 7 heteroatoms. The van der Waals surface area contributed by atoms with E-state index in [2.05, 4.69) is 54.5 Å². The van der Waals surface area contributed by atoms with E-state index in [9.17, 15) is 8.42 Å². The summed E-state index contributed by atoms with van der Waals surface area (Å²) in [5.74, 6) is 0. The molecule has 0 aromatic heterocycles. The van der Waals surface area contributed by atoms with Gasteiger partial charge in [0, 0.05) is 10.5 Å². The fourth-order valence-electron chi connectivity index (χ4n) is 2.59. The van der Waals surface area contributed by atoms with Gasteiger partial charge in [-0.05, 0) is 55.2 Å². The molecule has 0 unspecified atom stereocenters. The summed E-state index contributed by atoms with van der Waals surface area (Å²) in [6.45, 7) is 13.2. The Morgan fingerprint density at radius 3 is 2.21 bits per heavy atom. The van der Waals surface area contributed by atoms with E-state index >= 15 is 0 Å². The molecule has 0 heterocycles. The van der Waals surface area contributed by atoms with Gasteiger partial charge in [0.2, 0.25) is 10.0 Å². The molecule has 29 heavy (non-hydrogen) atoms. The lowest BCUT2D eigenvalue weighted by Crippen LogP contribution is -2.47. The second-order valence-electron chi connectivity index (χ2n) is 9.00. The fourth-order valence-corrected chi connectivity index (χ4v) is 5.31. The molecular formula is C22H32BrNO3SSi. The largest absolute Gasteiger partial charge is 0.415 e. The summed E-state index contributed by atoms with van der Waals surface area (Å²) in [5, 5.41) is 0.0563. The Kier molecular flexibility index (Phi) is 7.90. The Labute approximate surface area is 185 Å². The Hall–Kier alpha value is -0.993. The molecule has 0 bridgehead atoms. The molecule has 0 spiro atoms. The van der Waals surface area contributed by atoms with Gasteiger partial charge in [-0.1, -0.05) is 72.6 Å². The molecule has 0 radical (unpaired) electrons. The predicted octanol–water partition coefficient (Wildman–Crippen LogP) is 5.67. The van der Waals surface area contributed by atoms with Crippen molar-refractivity contribution in [3.63, 3.8) is 0 Å². The second kappa shape index (κ2) is 9.43. The molecule has 0 aliphatic carbocycles. The summed E-state index contributed by atoms with van der Waals surface area (Å²) in [7, 11) is -5.65. The van der Waals surface area contributed by atoms with Gasteiger partial charge in [-0.2, -0.15) is 0 Å². The van der Waals surface area contributed by atoms with Gasteiger partial charge in [-0.3, -0.25) is 0 Å². The zero-order valence-electron chi connectivity index (χ0n) is 18.1.